The van der Waals surface area contributed by atoms with Gasteiger partial charge in [-0.3, -0.25) is 25.2 Å². The van der Waals surface area contributed by atoms with Crippen molar-refractivity contribution in [2.24, 2.45) is 7.05 Å². The van der Waals surface area contributed by atoms with Gasteiger partial charge in [-0.05, 0) is 41.1 Å². The van der Waals surface area contributed by atoms with Gasteiger partial charge < -0.3 is 9.30 Å². The van der Waals surface area contributed by atoms with Crippen LogP contribution in [0, 0.1) is 0 Å². The summed E-state index contributed by atoms with van der Waals surface area (Å²) in [6, 6.07) is 8.46. The van der Waals surface area contributed by atoms with Gasteiger partial charge in [0.15, 0.2) is 0 Å². The van der Waals surface area contributed by atoms with Crippen LogP contribution in [0.2, 0.25) is 0 Å². The zero-order chi connectivity index (χ0) is 19.3. The molecule has 1 aromatic carbocycles. The van der Waals surface area contributed by atoms with Gasteiger partial charge in [0.2, 0.25) is 0 Å². The number of amides is 2. The van der Waals surface area contributed by atoms with Crippen molar-refractivity contribution in [1.82, 2.24) is 15.4 Å². The third-order valence-electron chi connectivity index (χ3n) is 3.46. The number of esters is 1. The molecule has 0 aliphatic carbocycles. The molecule has 1 atom stereocenters. The van der Waals surface area contributed by atoms with Crippen LogP contribution in [0.5, 0.6) is 0 Å². The summed E-state index contributed by atoms with van der Waals surface area (Å²) >= 11 is 4.50. The van der Waals surface area contributed by atoms with Gasteiger partial charge in [0.1, 0.15) is 10.9 Å². The minimum Gasteiger partial charge on any atom is -0.468 e. The van der Waals surface area contributed by atoms with Crippen molar-refractivity contribution in [1.29, 1.82) is 0 Å². The Kier molecular flexibility index (Phi) is 6.87. The average molecular weight is 440 g/mol. The van der Waals surface area contributed by atoms with Crippen LogP contribution in [-0.2, 0) is 16.6 Å². The number of aromatic nitrogens is 1. The third kappa shape index (κ3) is 4.89. The molecule has 1 heterocycles. The minimum absolute atomic E-state index is 0.349. The lowest BCUT2D eigenvalue weighted by Gasteiger charge is -2.13. The number of benzene rings is 1. The highest BCUT2D eigenvalue weighted by atomic mass is 79.9. The fraction of sp³-hybridized carbons (Fsp3) is 0.235. The van der Waals surface area contributed by atoms with Gasteiger partial charge in [-0.1, -0.05) is 12.1 Å². The highest BCUT2D eigenvalue weighted by Gasteiger charge is 2.19. The van der Waals surface area contributed by atoms with Crippen molar-refractivity contribution in [2.45, 2.75) is 17.1 Å². The molecule has 0 saturated heterocycles. The zero-order valence-corrected chi connectivity index (χ0v) is 16.8. The largest absolute Gasteiger partial charge is 0.468 e. The lowest BCUT2D eigenvalue weighted by Crippen LogP contribution is -2.42. The topological polar surface area (TPSA) is 89.4 Å². The van der Waals surface area contributed by atoms with E-state index in [1.807, 2.05) is 0 Å². The summed E-state index contributed by atoms with van der Waals surface area (Å²) in [6.45, 7) is 1.69. The summed E-state index contributed by atoms with van der Waals surface area (Å²) in [5.41, 5.74) is 5.52. The molecule has 0 aliphatic rings. The first kappa shape index (κ1) is 20.1. The Hall–Kier alpha value is -2.26. The fourth-order valence-electron chi connectivity index (χ4n) is 2.16. The molecule has 1 aromatic heterocycles. The summed E-state index contributed by atoms with van der Waals surface area (Å²) in [5, 5.41) is -0.468. The van der Waals surface area contributed by atoms with Crippen molar-refractivity contribution >= 4 is 45.5 Å². The molecule has 1 unspecified atom stereocenters. The van der Waals surface area contributed by atoms with Gasteiger partial charge in [0.25, 0.3) is 11.8 Å². The Balaban J connectivity index is 2.07. The molecule has 2 rings (SSSR count). The van der Waals surface area contributed by atoms with Gasteiger partial charge >= 0.3 is 5.97 Å². The van der Waals surface area contributed by atoms with Crippen LogP contribution < -0.4 is 10.9 Å². The van der Waals surface area contributed by atoms with E-state index < -0.39 is 17.1 Å². The van der Waals surface area contributed by atoms with E-state index in [1.165, 1.54) is 18.9 Å². The number of ether oxygens (including phenoxy) is 1. The quantitative estimate of drug-likeness (QED) is 0.424. The SMILES string of the molecule is COC(=O)C(C)Sc1ccccc1C(=O)NNC(=O)c1cc(Br)cn1C. The Morgan fingerprint density at radius 2 is 1.85 bits per heavy atom. The molecule has 138 valence electrons. The number of nitrogens with zero attached hydrogens (tertiary/aromatic N) is 1. The molecule has 0 saturated carbocycles. The van der Waals surface area contributed by atoms with Crippen LogP contribution in [0.1, 0.15) is 27.8 Å². The van der Waals surface area contributed by atoms with Crippen LogP contribution in [-0.4, -0.2) is 34.7 Å². The van der Waals surface area contributed by atoms with Crippen LogP contribution >= 0.6 is 27.7 Å². The molecule has 2 N–H and O–H groups in total. The second-order valence-corrected chi connectivity index (χ2v) is 7.64. The van der Waals surface area contributed by atoms with Gasteiger partial charge in [0.05, 0.1) is 12.7 Å². The maximum atomic E-state index is 12.4. The zero-order valence-electron chi connectivity index (χ0n) is 14.4. The van der Waals surface area contributed by atoms with E-state index in [4.69, 9.17) is 4.74 Å². The van der Waals surface area contributed by atoms with Gasteiger partial charge in [-0.15, -0.1) is 11.8 Å². The van der Waals surface area contributed by atoms with Crippen LogP contribution in [0.15, 0.2) is 45.9 Å². The standard InChI is InChI=1S/C17H18BrN3O4S/c1-10(17(24)25-3)26-14-7-5-4-6-12(14)15(22)19-20-16(23)13-8-11(18)9-21(13)2/h4-10H,1-3H3,(H,19,22)(H,20,23). The van der Waals surface area contributed by atoms with Crippen molar-refractivity contribution in [3.05, 3.63) is 52.3 Å². The number of hydrogen-bond donors (Lipinski definition) is 2. The number of nitrogens with one attached hydrogen (secondary N) is 2. The molecule has 2 amide bonds. The smallest absolute Gasteiger partial charge is 0.318 e. The Morgan fingerprint density at radius 3 is 2.46 bits per heavy atom. The first-order chi connectivity index (χ1) is 12.3. The molecule has 7 nitrogen and oxygen atoms in total. The van der Waals surface area contributed by atoms with Crippen molar-refractivity contribution < 1.29 is 19.1 Å². The molecule has 0 radical (unpaired) electrons. The number of rotatable bonds is 5. The number of aryl methyl sites for hydroxylation is 1. The van der Waals surface area contributed by atoms with E-state index in [-0.39, 0.29) is 5.97 Å². The minimum atomic E-state index is -0.480. The summed E-state index contributed by atoms with van der Waals surface area (Å²) < 4.78 is 7.09. The third-order valence-corrected chi connectivity index (χ3v) is 5.05. The number of carbonyl (C=O) groups excluding carboxylic acids is 3. The molecule has 0 fully saturated rings. The number of hydrogen-bond acceptors (Lipinski definition) is 5. The predicted octanol–water partition coefficient (Wildman–Crippen LogP) is 2.52. The molecule has 0 bridgehead atoms. The van der Waals surface area contributed by atoms with Crippen molar-refractivity contribution in [2.75, 3.05) is 7.11 Å². The van der Waals surface area contributed by atoms with Gasteiger partial charge in [-0.2, -0.15) is 0 Å². The molecule has 0 spiro atoms. The monoisotopic (exact) mass is 439 g/mol. The van der Waals surface area contributed by atoms with Gasteiger partial charge in [-0.25, -0.2) is 0 Å². The summed E-state index contributed by atoms with van der Waals surface area (Å²) in [7, 11) is 3.04. The maximum absolute atomic E-state index is 12.4. The Bertz CT molecular complexity index is 837. The second-order valence-electron chi connectivity index (χ2n) is 5.34. The molecular formula is C17H18BrN3O4S. The molecule has 0 aliphatic heterocycles. The highest BCUT2D eigenvalue weighted by Crippen LogP contribution is 2.27. The van der Waals surface area contributed by atoms with E-state index in [2.05, 4.69) is 26.8 Å². The predicted molar refractivity (Wildman–Crippen MR) is 102 cm³/mol. The molecular weight excluding hydrogens is 422 g/mol. The highest BCUT2D eigenvalue weighted by molar-refractivity contribution is 9.10. The van der Waals surface area contributed by atoms with E-state index in [9.17, 15) is 14.4 Å². The van der Waals surface area contributed by atoms with E-state index in [1.54, 1.807) is 55.1 Å². The number of carbonyl (C=O) groups is 3. The number of methoxy groups -OCH3 is 1. The van der Waals surface area contributed by atoms with Gasteiger partial charge in [0, 0.05) is 22.6 Å². The second kappa shape index (κ2) is 8.91. The van der Waals surface area contributed by atoms with Crippen LogP contribution in [0.3, 0.4) is 0 Å². The molecule has 2 aromatic rings. The summed E-state index contributed by atoms with van der Waals surface area (Å²) in [6.07, 6.45) is 1.73. The Morgan fingerprint density at radius 1 is 1.19 bits per heavy atom. The van der Waals surface area contributed by atoms with Crippen molar-refractivity contribution in [3.63, 3.8) is 0 Å². The first-order valence-electron chi connectivity index (χ1n) is 7.59. The number of halogens is 1. The number of thioether (sulfide) groups is 1. The lowest BCUT2D eigenvalue weighted by molar-refractivity contribution is -0.139. The number of hydrazine groups is 1. The maximum Gasteiger partial charge on any atom is 0.318 e. The normalized spacial score (nSPS) is 11.5. The average Bonchev–Trinajstić information content (AvgIpc) is 2.97. The van der Waals surface area contributed by atoms with E-state index in [0.29, 0.717) is 16.2 Å². The molecule has 26 heavy (non-hydrogen) atoms. The lowest BCUT2D eigenvalue weighted by atomic mass is 10.2. The van der Waals surface area contributed by atoms with E-state index >= 15 is 0 Å². The van der Waals surface area contributed by atoms with Crippen LogP contribution in [0.25, 0.3) is 0 Å². The first-order valence-corrected chi connectivity index (χ1v) is 9.26. The summed E-state index contributed by atoms with van der Waals surface area (Å²) in [4.78, 5) is 36.8. The Labute approximate surface area is 163 Å². The summed E-state index contributed by atoms with van der Waals surface area (Å²) in [5.74, 6) is -1.31. The fourth-order valence-corrected chi connectivity index (χ4v) is 3.70. The molecule has 9 heteroatoms. The van der Waals surface area contributed by atoms with Crippen LogP contribution in [0.4, 0.5) is 0 Å². The van der Waals surface area contributed by atoms with E-state index in [0.717, 1.165) is 4.47 Å². The van der Waals surface area contributed by atoms with Crippen molar-refractivity contribution in [3.8, 4) is 0 Å².